The molecule has 2 aliphatic heterocycles. The van der Waals surface area contributed by atoms with Gasteiger partial charge in [-0.1, -0.05) is 24.2 Å². The zero-order chi connectivity index (χ0) is 25.7. The number of nitrogens with zero attached hydrogens (tertiary/aromatic N) is 3. The number of halogens is 3. The molecule has 3 aromatic rings. The van der Waals surface area contributed by atoms with Crippen molar-refractivity contribution in [2.24, 2.45) is 0 Å². The molecule has 2 aromatic carbocycles. The number of fused-ring (bicyclic) bond motifs is 3. The molecule has 1 saturated heterocycles. The van der Waals surface area contributed by atoms with Crippen molar-refractivity contribution in [1.29, 1.82) is 5.26 Å². The van der Waals surface area contributed by atoms with E-state index in [4.69, 9.17) is 22.1 Å². The fourth-order valence-corrected chi connectivity index (χ4v) is 5.77. The molecule has 5 rings (SSSR count). The molecule has 1 fully saturated rings. The van der Waals surface area contributed by atoms with Crippen molar-refractivity contribution in [2.75, 3.05) is 32.0 Å². The maximum Gasteiger partial charge on any atom is 0.262 e. The van der Waals surface area contributed by atoms with Crippen LogP contribution in [-0.2, 0) is 4.79 Å². The number of nitrogens with two attached hydrogens (primary N) is 1. The molecule has 182 valence electrons. The van der Waals surface area contributed by atoms with Crippen molar-refractivity contribution in [3.63, 3.8) is 0 Å². The minimum Gasteiger partial charge on any atom is -0.487 e. The monoisotopic (exact) mass is 526 g/mol. The average Bonchev–Trinajstić information content (AvgIpc) is 3.21. The Morgan fingerprint density at radius 2 is 2.06 bits per heavy atom. The van der Waals surface area contributed by atoms with Gasteiger partial charge in [0.1, 0.15) is 29.3 Å². The van der Waals surface area contributed by atoms with Crippen molar-refractivity contribution < 1.29 is 23.1 Å². The number of carbonyl (C=O) groups is 2. The molecule has 7 nitrogen and oxygen atoms in total. The average molecular weight is 527 g/mol. The SMILES string of the molecule is C=CC(=O)N1CCN2C(=O)c3cc(F)c(-c4ccc(F)c5sc(N)c(C#N)c45)c(Cl)c3OC/C=C\2C1. The van der Waals surface area contributed by atoms with Crippen LogP contribution in [0.5, 0.6) is 5.75 Å². The van der Waals surface area contributed by atoms with E-state index in [1.54, 1.807) is 11.0 Å². The van der Waals surface area contributed by atoms with Gasteiger partial charge in [-0.2, -0.15) is 5.26 Å². The first-order valence-corrected chi connectivity index (χ1v) is 11.9. The highest BCUT2D eigenvalue weighted by Gasteiger charge is 2.34. The third kappa shape index (κ3) is 3.59. The van der Waals surface area contributed by atoms with Gasteiger partial charge >= 0.3 is 0 Å². The fraction of sp³-hybridized carbons (Fsp3) is 0.160. The quantitative estimate of drug-likeness (QED) is 0.488. The van der Waals surface area contributed by atoms with Gasteiger partial charge in [0.25, 0.3) is 5.91 Å². The van der Waals surface area contributed by atoms with Crippen LogP contribution in [0.15, 0.2) is 42.6 Å². The van der Waals surface area contributed by atoms with Crippen molar-refractivity contribution in [3.05, 3.63) is 70.4 Å². The van der Waals surface area contributed by atoms with E-state index in [0.717, 1.165) is 23.5 Å². The molecule has 0 unspecified atom stereocenters. The van der Waals surface area contributed by atoms with Crippen LogP contribution in [0.3, 0.4) is 0 Å². The van der Waals surface area contributed by atoms with Gasteiger partial charge in [0.15, 0.2) is 5.75 Å². The summed E-state index contributed by atoms with van der Waals surface area (Å²) < 4.78 is 36.1. The van der Waals surface area contributed by atoms with Crippen molar-refractivity contribution in [3.8, 4) is 22.9 Å². The van der Waals surface area contributed by atoms with E-state index in [9.17, 15) is 19.2 Å². The van der Waals surface area contributed by atoms with E-state index in [-0.39, 0.29) is 80.3 Å². The number of nitrogen functional groups attached to an aromatic ring is 1. The van der Waals surface area contributed by atoms with Crippen molar-refractivity contribution in [1.82, 2.24) is 9.80 Å². The molecule has 0 aliphatic carbocycles. The molecule has 2 N–H and O–H groups in total. The Balaban J connectivity index is 1.64. The van der Waals surface area contributed by atoms with E-state index < -0.39 is 17.5 Å². The van der Waals surface area contributed by atoms with E-state index >= 15 is 4.39 Å². The van der Waals surface area contributed by atoms with E-state index in [2.05, 4.69) is 6.58 Å². The van der Waals surface area contributed by atoms with Gasteiger partial charge in [-0.3, -0.25) is 9.59 Å². The Labute approximate surface area is 213 Å². The Hall–Kier alpha value is -3.94. The molecule has 3 heterocycles. The zero-order valence-corrected chi connectivity index (χ0v) is 20.2. The summed E-state index contributed by atoms with van der Waals surface area (Å²) in [7, 11) is 0. The standard InChI is InChI=1S/C25H17ClF2N4O3S/c1-2-18(33)31-6-7-32-12(11-31)5-8-35-22-14(25(32)34)9-17(28)20(21(22)26)13-3-4-16(27)23-19(13)15(10-29)24(30)36-23/h2-5,9H,1,6-8,11,30H2/b12-5-. The molecule has 11 heteroatoms. The van der Waals surface area contributed by atoms with Crippen LogP contribution >= 0.6 is 22.9 Å². The number of carbonyl (C=O) groups excluding carboxylic acids is 2. The molecule has 0 spiro atoms. The summed E-state index contributed by atoms with van der Waals surface area (Å²) in [4.78, 5) is 28.5. The predicted molar refractivity (Wildman–Crippen MR) is 133 cm³/mol. The molecule has 2 amide bonds. The van der Waals surface area contributed by atoms with Crippen molar-refractivity contribution >= 4 is 49.8 Å². The number of ether oxygens (including phenoxy) is 1. The number of rotatable bonds is 2. The van der Waals surface area contributed by atoms with Gasteiger partial charge < -0.3 is 20.3 Å². The van der Waals surface area contributed by atoms with Gasteiger partial charge in [0.2, 0.25) is 5.91 Å². The number of hydrogen-bond acceptors (Lipinski definition) is 6. The van der Waals surface area contributed by atoms with E-state index in [1.807, 2.05) is 6.07 Å². The Morgan fingerprint density at radius 1 is 1.28 bits per heavy atom. The number of piperazine rings is 1. The molecular formula is C25H17ClF2N4O3S. The minimum atomic E-state index is -0.844. The maximum absolute atomic E-state index is 15.6. The Bertz CT molecular complexity index is 1560. The van der Waals surface area contributed by atoms with Crippen molar-refractivity contribution in [2.45, 2.75) is 0 Å². The largest absolute Gasteiger partial charge is 0.487 e. The van der Waals surface area contributed by atoms with Crippen LogP contribution in [-0.4, -0.2) is 47.9 Å². The lowest BCUT2D eigenvalue weighted by Gasteiger charge is -2.37. The van der Waals surface area contributed by atoms with Gasteiger partial charge in [-0.25, -0.2) is 8.78 Å². The smallest absolute Gasteiger partial charge is 0.262 e. The van der Waals surface area contributed by atoms with Gasteiger partial charge in [0, 0.05) is 29.7 Å². The summed E-state index contributed by atoms with van der Waals surface area (Å²) in [6.07, 6.45) is 2.86. The molecular weight excluding hydrogens is 510 g/mol. The molecule has 0 bridgehead atoms. The molecule has 0 radical (unpaired) electrons. The minimum absolute atomic E-state index is 0.000693. The maximum atomic E-state index is 15.6. The lowest BCUT2D eigenvalue weighted by Crippen LogP contribution is -2.49. The molecule has 36 heavy (non-hydrogen) atoms. The van der Waals surface area contributed by atoms with Crippen LogP contribution in [0.2, 0.25) is 5.02 Å². The highest BCUT2D eigenvalue weighted by molar-refractivity contribution is 7.23. The van der Waals surface area contributed by atoms with Crippen LogP contribution in [0.25, 0.3) is 21.2 Å². The number of amides is 2. The first-order valence-electron chi connectivity index (χ1n) is 10.7. The second kappa shape index (κ2) is 8.93. The summed E-state index contributed by atoms with van der Waals surface area (Å²) in [6.45, 7) is 4.14. The second-order valence-corrected chi connectivity index (χ2v) is 9.53. The second-order valence-electron chi connectivity index (χ2n) is 8.10. The molecule has 0 saturated carbocycles. The van der Waals surface area contributed by atoms with Crippen LogP contribution < -0.4 is 10.5 Å². The van der Waals surface area contributed by atoms with Gasteiger partial charge in [-0.05, 0) is 29.8 Å². The van der Waals surface area contributed by atoms with Gasteiger partial charge in [-0.15, -0.1) is 11.3 Å². The first kappa shape index (κ1) is 23.8. The summed E-state index contributed by atoms with van der Waals surface area (Å²) in [6, 6.07) is 5.44. The Kier molecular flexibility index (Phi) is 5.90. The summed E-state index contributed by atoms with van der Waals surface area (Å²) >= 11 is 7.52. The lowest BCUT2D eigenvalue weighted by atomic mass is 9.96. The molecule has 1 aromatic heterocycles. The summed E-state index contributed by atoms with van der Waals surface area (Å²) in [5.41, 5.74) is 6.42. The van der Waals surface area contributed by atoms with Crippen LogP contribution in [0, 0.1) is 23.0 Å². The zero-order valence-electron chi connectivity index (χ0n) is 18.6. The number of benzene rings is 2. The normalized spacial score (nSPS) is 16.7. The first-order chi connectivity index (χ1) is 17.3. The number of hydrogen-bond donors (Lipinski definition) is 1. The van der Waals surface area contributed by atoms with Crippen LogP contribution in [0.1, 0.15) is 15.9 Å². The highest BCUT2D eigenvalue weighted by atomic mass is 35.5. The lowest BCUT2D eigenvalue weighted by molar-refractivity contribution is -0.126. The summed E-state index contributed by atoms with van der Waals surface area (Å²) in [5.74, 6) is -2.27. The Morgan fingerprint density at radius 3 is 2.78 bits per heavy atom. The van der Waals surface area contributed by atoms with Gasteiger partial charge in [0.05, 0.1) is 27.4 Å². The third-order valence-corrected chi connectivity index (χ3v) is 7.56. The number of anilines is 1. The third-order valence-electron chi connectivity index (χ3n) is 6.17. The van der Waals surface area contributed by atoms with Crippen LogP contribution in [0.4, 0.5) is 13.8 Å². The topological polar surface area (TPSA) is 99.7 Å². The predicted octanol–water partition coefficient (Wildman–Crippen LogP) is 4.70. The molecule has 2 aliphatic rings. The highest BCUT2D eigenvalue weighted by Crippen LogP contribution is 2.47. The fourth-order valence-electron chi connectivity index (χ4n) is 4.47. The number of thiophene rings is 1. The number of nitriles is 1. The summed E-state index contributed by atoms with van der Waals surface area (Å²) in [5, 5.41) is 9.65. The van der Waals surface area contributed by atoms with E-state index in [0.29, 0.717) is 5.70 Å². The molecule has 0 atom stereocenters. The van der Waals surface area contributed by atoms with E-state index in [1.165, 1.54) is 17.0 Å².